The monoisotopic (exact) mass is 964 g/mol. The molecule has 4 aromatic heterocycles. The smallest absolute Gasteiger partial charge is 0.424 e. The van der Waals surface area contributed by atoms with E-state index in [9.17, 15) is 39.6 Å². The van der Waals surface area contributed by atoms with E-state index in [0.717, 1.165) is 76.8 Å². The number of benzene rings is 2. The van der Waals surface area contributed by atoms with Gasteiger partial charge in [-0.3, -0.25) is 14.4 Å². The molecule has 17 heteroatoms. The van der Waals surface area contributed by atoms with Crippen molar-refractivity contribution in [2.75, 3.05) is 0 Å². The molecule has 1 fully saturated rings. The zero-order valence-corrected chi connectivity index (χ0v) is 39.0. The molecule has 67 heavy (non-hydrogen) atoms. The Kier molecular flexibility index (Phi) is 11.4. The molecule has 7 heterocycles. The predicted octanol–water partition coefficient (Wildman–Crippen LogP) is 11.1. The standard InChI is InChI=1S/C50H36N4O9S4/c1-26-32(44(55)53(46(57)34(26)22-51)48(59)61-24-28-12-6-3-7-13-28)18-30-20-36-40(64-30)38-42(66-36)43-39(63-50(38)16-10-5-11-17-50)41-37(67-43)21-31(65-41)19-33-27(2)35(23-52)47(58)54(45(33)56)49(60)62-25-29-14-8-4-9-15-29/h3-4,6-9,12-15,18-21,46,57H,5,10-11,16-17,24-25H2,1-2H3/b32-18+,33-19+. The highest BCUT2D eigenvalue weighted by molar-refractivity contribution is 7.35. The van der Waals surface area contributed by atoms with Gasteiger partial charge in [0.1, 0.15) is 30.5 Å². The van der Waals surface area contributed by atoms with Crippen LogP contribution < -0.4 is 4.74 Å². The first-order valence-electron chi connectivity index (χ1n) is 21.2. The molecule has 1 N–H and O–H groups in total. The van der Waals surface area contributed by atoms with Gasteiger partial charge in [-0.05, 0) is 86.1 Å². The van der Waals surface area contributed by atoms with E-state index in [1.54, 1.807) is 90.3 Å². The molecule has 13 nitrogen and oxygen atoms in total. The van der Waals surface area contributed by atoms with E-state index in [4.69, 9.17) is 14.2 Å². The summed E-state index contributed by atoms with van der Waals surface area (Å²) in [7, 11) is 0. The van der Waals surface area contributed by atoms with Crippen molar-refractivity contribution >= 4 is 106 Å². The first-order valence-corrected chi connectivity index (χ1v) is 24.5. The molecule has 1 unspecified atom stereocenters. The van der Waals surface area contributed by atoms with Crippen molar-refractivity contribution in [3.05, 3.63) is 133 Å². The molecular weight excluding hydrogens is 929 g/mol. The molecule has 4 aliphatic rings. The average molecular weight is 965 g/mol. The maximum Gasteiger partial charge on any atom is 0.424 e. The minimum Gasteiger partial charge on any atom is -0.479 e. The number of nitrogens with zero attached hydrogens (tertiary/aromatic N) is 4. The highest BCUT2D eigenvalue weighted by Crippen LogP contribution is 2.62. The summed E-state index contributed by atoms with van der Waals surface area (Å²) in [5, 5.41) is 31.0. The highest BCUT2D eigenvalue weighted by Gasteiger charge is 2.47. The topological polar surface area (TPSA) is 187 Å². The Labute approximate surface area is 398 Å². The number of imide groups is 4. The van der Waals surface area contributed by atoms with Gasteiger partial charge in [0.05, 0.1) is 35.5 Å². The number of ether oxygens (including phenoxy) is 3. The number of rotatable bonds is 6. The molecule has 0 bridgehead atoms. The Morgan fingerprint density at radius 1 is 0.746 bits per heavy atom. The Morgan fingerprint density at radius 2 is 1.31 bits per heavy atom. The fraction of sp³-hybridized carbons (Fsp3) is 0.220. The second-order valence-corrected chi connectivity index (χ2v) is 20.6. The van der Waals surface area contributed by atoms with Crippen LogP contribution in [0.4, 0.5) is 9.59 Å². The van der Waals surface area contributed by atoms with Crippen LogP contribution in [0.3, 0.4) is 0 Å². The summed E-state index contributed by atoms with van der Waals surface area (Å²) in [4.78, 5) is 72.1. The number of carbonyl (C=O) groups is 5. The number of hydrogen-bond acceptors (Lipinski definition) is 15. The van der Waals surface area contributed by atoms with Crippen LogP contribution in [0.1, 0.15) is 72.4 Å². The van der Waals surface area contributed by atoms with Crippen LogP contribution in [0.25, 0.3) is 40.7 Å². The molecule has 10 rings (SSSR count). The van der Waals surface area contributed by atoms with E-state index < -0.39 is 41.7 Å². The number of hydrogen-bond donors (Lipinski definition) is 1. The third kappa shape index (κ3) is 7.49. The number of thiophene rings is 4. The lowest BCUT2D eigenvalue weighted by Gasteiger charge is -2.40. The normalized spacial score (nSPS) is 19.2. The first-order chi connectivity index (χ1) is 32.4. The summed E-state index contributed by atoms with van der Waals surface area (Å²) in [5.41, 5.74) is 1.94. The minimum atomic E-state index is -1.80. The van der Waals surface area contributed by atoms with Crippen molar-refractivity contribution < 1.29 is 43.3 Å². The third-order valence-corrected chi connectivity index (χ3v) is 17.2. The SMILES string of the molecule is CC1=C(C#N)C(=O)N(C(=O)OCc2ccccc2)C(=O)/C1=C/c1cc2sc3c(c2s1)OC1(CCCCC1)c1c-3sc2cc(/C=C3/C(=O)N(C(=O)OCc4ccccc4)C(O)C(C#N)=C3C)sc12. The van der Waals surface area contributed by atoms with Gasteiger partial charge in [-0.1, -0.05) is 67.1 Å². The van der Waals surface area contributed by atoms with Crippen LogP contribution in [0.15, 0.2) is 106 Å². The molecule has 6 aromatic rings. The molecule has 0 radical (unpaired) electrons. The Morgan fingerprint density at radius 3 is 1.93 bits per heavy atom. The van der Waals surface area contributed by atoms with Crippen LogP contribution in [-0.2, 0) is 42.7 Å². The van der Waals surface area contributed by atoms with Crippen LogP contribution in [-0.4, -0.2) is 51.0 Å². The van der Waals surface area contributed by atoms with Gasteiger partial charge in [0.25, 0.3) is 17.7 Å². The van der Waals surface area contributed by atoms with Crippen molar-refractivity contribution in [2.45, 2.75) is 71.0 Å². The summed E-state index contributed by atoms with van der Waals surface area (Å²) in [6.45, 7) is 2.81. The zero-order valence-electron chi connectivity index (χ0n) is 35.7. The molecule has 5 amide bonds. The van der Waals surface area contributed by atoms with Crippen LogP contribution in [0.2, 0.25) is 0 Å². The van der Waals surface area contributed by atoms with Crippen molar-refractivity contribution in [2.24, 2.45) is 0 Å². The lowest BCUT2D eigenvalue weighted by atomic mass is 9.78. The maximum absolute atomic E-state index is 14.0. The van der Waals surface area contributed by atoms with Gasteiger partial charge < -0.3 is 19.3 Å². The molecule has 3 aliphatic heterocycles. The van der Waals surface area contributed by atoms with Crippen LogP contribution in [0.5, 0.6) is 5.75 Å². The van der Waals surface area contributed by atoms with Gasteiger partial charge in [0.15, 0.2) is 12.0 Å². The molecule has 2 aromatic carbocycles. The Hall–Kier alpha value is -6.99. The summed E-state index contributed by atoms with van der Waals surface area (Å²) < 4.78 is 21.8. The van der Waals surface area contributed by atoms with Crippen molar-refractivity contribution in [3.8, 4) is 27.6 Å². The summed E-state index contributed by atoms with van der Waals surface area (Å²) in [6, 6.07) is 25.6. The van der Waals surface area contributed by atoms with Crippen LogP contribution in [0, 0.1) is 22.7 Å². The molecule has 1 spiro atoms. The van der Waals surface area contributed by atoms with Crippen molar-refractivity contribution in [1.82, 2.24) is 9.80 Å². The van der Waals surface area contributed by atoms with Gasteiger partial charge in [-0.15, -0.1) is 45.3 Å². The lowest BCUT2D eigenvalue weighted by Crippen LogP contribution is -2.49. The number of nitriles is 2. The quantitative estimate of drug-likeness (QED) is 0.124. The van der Waals surface area contributed by atoms with Gasteiger partial charge in [0, 0.05) is 31.2 Å². The average Bonchev–Trinajstić information content (AvgIpc) is 4.09. The highest BCUT2D eigenvalue weighted by atomic mass is 32.1. The Bertz CT molecular complexity index is 3330. The summed E-state index contributed by atoms with van der Waals surface area (Å²) in [6.07, 6.45) is 3.77. The first kappa shape index (κ1) is 43.9. The largest absolute Gasteiger partial charge is 0.479 e. The summed E-state index contributed by atoms with van der Waals surface area (Å²) in [5.74, 6) is -1.93. The van der Waals surface area contributed by atoms with Gasteiger partial charge in [-0.2, -0.15) is 15.4 Å². The molecule has 0 saturated heterocycles. The van der Waals surface area contributed by atoms with E-state index in [0.29, 0.717) is 25.8 Å². The lowest BCUT2D eigenvalue weighted by molar-refractivity contribution is -0.138. The fourth-order valence-corrected chi connectivity index (χ4v) is 14.3. The van der Waals surface area contributed by atoms with Gasteiger partial charge in [-0.25, -0.2) is 14.5 Å². The van der Waals surface area contributed by atoms with Gasteiger partial charge >= 0.3 is 12.2 Å². The number of amides is 5. The second-order valence-electron chi connectivity index (χ2n) is 16.4. The van der Waals surface area contributed by atoms with Crippen molar-refractivity contribution in [1.29, 1.82) is 10.5 Å². The number of fused-ring (bicyclic) bond motifs is 8. The number of aliphatic hydroxyl groups excluding tert-OH is 1. The minimum absolute atomic E-state index is 0.0307. The van der Waals surface area contributed by atoms with Gasteiger partial charge in [0.2, 0.25) is 0 Å². The predicted molar refractivity (Wildman–Crippen MR) is 254 cm³/mol. The Balaban J connectivity index is 0.984. The zero-order chi connectivity index (χ0) is 46.7. The number of aliphatic hydroxyl groups is 1. The molecular formula is C50H36N4O9S4. The van der Waals surface area contributed by atoms with E-state index in [1.165, 1.54) is 29.6 Å². The van der Waals surface area contributed by atoms with E-state index in [2.05, 4.69) is 0 Å². The van der Waals surface area contributed by atoms with Crippen LogP contribution >= 0.6 is 45.3 Å². The molecule has 1 saturated carbocycles. The number of carbonyl (C=O) groups excluding carboxylic acids is 5. The maximum atomic E-state index is 14.0. The molecule has 1 atom stereocenters. The fourth-order valence-electron chi connectivity index (χ4n) is 8.94. The summed E-state index contributed by atoms with van der Waals surface area (Å²) >= 11 is 6.13. The molecule has 1 aliphatic carbocycles. The second kappa shape index (κ2) is 17.3. The molecule has 334 valence electrons. The van der Waals surface area contributed by atoms with Crippen molar-refractivity contribution in [3.63, 3.8) is 0 Å². The van der Waals surface area contributed by atoms with E-state index in [1.807, 2.05) is 36.4 Å². The van der Waals surface area contributed by atoms with E-state index >= 15 is 0 Å². The third-order valence-electron chi connectivity index (χ3n) is 12.3. The van der Waals surface area contributed by atoms with E-state index in [-0.39, 0.29) is 46.7 Å².